The minimum Gasteiger partial charge on any atom is -0.366 e. The van der Waals surface area contributed by atoms with Crippen molar-refractivity contribution in [3.63, 3.8) is 0 Å². The maximum Gasteiger partial charge on any atom is 0.164 e. The van der Waals surface area contributed by atoms with Crippen molar-refractivity contribution in [2.75, 3.05) is 5.32 Å². The highest BCUT2D eigenvalue weighted by Gasteiger charge is 2.41. The van der Waals surface area contributed by atoms with E-state index < -0.39 is 11.6 Å². The van der Waals surface area contributed by atoms with Crippen LogP contribution in [0.1, 0.15) is 38.2 Å². The second-order valence-corrected chi connectivity index (χ2v) is 9.58. The van der Waals surface area contributed by atoms with Gasteiger partial charge in [0.2, 0.25) is 0 Å². The molecule has 2 bridgehead atoms. The summed E-state index contributed by atoms with van der Waals surface area (Å²) in [6.45, 7) is 4.39. The van der Waals surface area contributed by atoms with Gasteiger partial charge in [-0.25, -0.2) is 18.7 Å². The highest BCUT2D eigenvalue weighted by molar-refractivity contribution is 5.97. The van der Waals surface area contributed by atoms with Crippen LogP contribution in [0.25, 0.3) is 33.2 Å². The number of nitrogens with one attached hydrogen (secondary N) is 2. The van der Waals surface area contributed by atoms with Gasteiger partial charge in [-0.2, -0.15) is 0 Å². The van der Waals surface area contributed by atoms with Gasteiger partial charge in [0, 0.05) is 34.6 Å². The first-order valence-corrected chi connectivity index (χ1v) is 11.5. The molecule has 2 N–H and O–H groups in total. The normalized spacial score (nSPS) is 25.0. The second kappa shape index (κ2) is 7.26. The zero-order valence-electron chi connectivity index (χ0n) is 18.3. The third-order valence-electron chi connectivity index (χ3n) is 7.81. The second-order valence-electron chi connectivity index (χ2n) is 9.58. The molecule has 0 spiro atoms. The average Bonchev–Trinajstić information content (AvgIpc) is 3.21. The van der Waals surface area contributed by atoms with Gasteiger partial charge in [0.25, 0.3) is 0 Å². The molecule has 6 heteroatoms. The highest BCUT2D eigenvalue weighted by Crippen LogP contribution is 2.46. The van der Waals surface area contributed by atoms with Gasteiger partial charge in [0.15, 0.2) is 5.82 Å². The van der Waals surface area contributed by atoms with Gasteiger partial charge in [-0.3, -0.25) is 0 Å². The van der Waals surface area contributed by atoms with Crippen molar-refractivity contribution in [1.82, 2.24) is 15.0 Å². The Morgan fingerprint density at radius 1 is 1.00 bits per heavy atom. The van der Waals surface area contributed by atoms with Crippen LogP contribution in [0, 0.1) is 36.3 Å². The summed E-state index contributed by atoms with van der Waals surface area (Å²) >= 11 is 0. The molecule has 3 saturated carbocycles. The highest BCUT2D eigenvalue weighted by atomic mass is 19.1. The van der Waals surface area contributed by atoms with Gasteiger partial charge in [-0.05, 0) is 68.1 Å². The number of para-hydroxylation sites is 1. The maximum atomic E-state index is 14.3. The largest absolute Gasteiger partial charge is 0.366 e. The predicted octanol–water partition coefficient (Wildman–Crippen LogP) is 6.60. The van der Waals surface area contributed by atoms with Crippen molar-refractivity contribution in [3.05, 3.63) is 53.7 Å². The number of aryl methyl sites for hydroxylation is 1. The lowest BCUT2D eigenvalue weighted by atomic mass is 9.62. The third-order valence-corrected chi connectivity index (χ3v) is 7.81. The molecular formula is C26H26F2N4. The monoisotopic (exact) mass is 432 g/mol. The molecule has 3 aliphatic carbocycles. The number of aromatic amines is 1. The van der Waals surface area contributed by atoms with Gasteiger partial charge in [0.05, 0.1) is 11.0 Å². The van der Waals surface area contributed by atoms with E-state index in [0.717, 1.165) is 34.3 Å². The van der Waals surface area contributed by atoms with E-state index >= 15 is 0 Å². The third kappa shape index (κ3) is 2.99. The lowest BCUT2D eigenvalue weighted by molar-refractivity contribution is 0.0929. The Kier molecular flexibility index (Phi) is 4.46. The van der Waals surface area contributed by atoms with E-state index in [1.54, 1.807) is 6.20 Å². The van der Waals surface area contributed by atoms with Crippen molar-refractivity contribution < 1.29 is 8.78 Å². The topological polar surface area (TPSA) is 53.6 Å². The first-order valence-electron chi connectivity index (χ1n) is 11.5. The molecule has 2 aromatic heterocycles. The molecule has 3 aliphatic rings. The predicted molar refractivity (Wildman–Crippen MR) is 124 cm³/mol. The summed E-state index contributed by atoms with van der Waals surface area (Å²) in [5, 5.41) is 5.23. The first-order chi connectivity index (χ1) is 15.5. The number of benzene rings is 2. The van der Waals surface area contributed by atoms with Crippen molar-refractivity contribution in [1.29, 1.82) is 0 Å². The standard InChI is InChI=1S/C26H26F2N4/c1-13-4-3-5-18-22(13)30-26(20-12-29-24-19(20)10-17(27)11-21(24)28)32-25(18)31-23-14(2)15-6-8-16(23)9-7-15/h3-5,10-12,14-16,23,29H,6-9H2,1-2H3,(H,30,31,32)/t14-,15?,16?,23+/m1/s1. The van der Waals surface area contributed by atoms with Gasteiger partial charge in [-0.15, -0.1) is 0 Å². The number of aromatic nitrogens is 3. The summed E-state index contributed by atoms with van der Waals surface area (Å²) in [5.74, 6) is 2.07. The van der Waals surface area contributed by atoms with Gasteiger partial charge >= 0.3 is 0 Å². The van der Waals surface area contributed by atoms with Gasteiger partial charge in [0.1, 0.15) is 17.5 Å². The number of fused-ring (bicyclic) bond motifs is 5. The Morgan fingerprint density at radius 3 is 2.56 bits per heavy atom. The molecule has 32 heavy (non-hydrogen) atoms. The lowest BCUT2D eigenvalue weighted by Crippen LogP contribution is -2.47. The molecule has 4 aromatic rings. The number of H-pyrrole nitrogens is 1. The summed E-state index contributed by atoms with van der Waals surface area (Å²) in [7, 11) is 0. The van der Waals surface area contributed by atoms with Crippen LogP contribution < -0.4 is 5.32 Å². The molecule has 7 rings (SSSR count). The molecule has 3 fully saturated rings. The van der Waals surface area contributed by atoms with Crippen LogP contribution in [0.4, 0.5) is 14.6 Å². The zero-order valence-corrected chi connectivity index (χ0v) is 18.3. The van der Waals surface area contributed by atoms with Crippen LogP contribution in [0.15, 0.2) is 36.5 Å². The van der Waals surface area contributed by atoms with Crippen LogP contribution >= 0.6 is 0 Å². The summed E-state index contributed by atoms with van der Waals surface area (Å²) < 4.78 is 28.3. The van der Waals surface area contributed by atoms with E-state index in [1.807, 2.05) is 19.1 Å². The molecule has 0 unspecified atom stereocenters. The molecule has 164 valence electrons. The lowest BCUT2D eigenvalue weighted by Gasteiger charge is -2.47. The minimum absolute atomic E-state index is 0.266. The van der Waals surface area contributed by atoms with Crippen molar-refractivity contribution in [2.24, 2.45) is 17.8 Å². The van der Waals surface area contributed by atoms with E-state index in [4.69, 9.17) is 9.97 Å². The van der Waals surface area contributed by atoms with Crippen LogP contribution in [0.3, 0.4) is 0 Å². The Balaban J connectivity index is 1.52. The Bertz CT molecular complexity index is 1330. The SMILES string of the molecule is Cc1cccc2c(N[C@@H]3C4CCC(CC4)[C@H]3C)nc(-c3c[nH]c4c(F)cc(F)cc34)nc12. The molecule has 0 amide bonds. The fourth-order valence-electron chi connectivity index (χ4n) is 6.03. The molecule has 0 saturated heterocycles. The summed E-state index contributed by atoms with van der Waals surface area (Å²) in [5.41, 5.74) is 2.77. The van der Waals surface area contributed by atoms with E-state index in [2.05, 4.69) is 23.3 Å². The number of nitrogens with zero attached hydrogens (tertiary/aromatic N) is 2. The fraction of sp³-hybridized carbons (Fsp3) is 0.385. The summed E-state index contributed by atoms with van der Waals surface area (Å²) in [6, 6.07) is 8.72. The fourth-order valence-corrected chi connectivity index (χ4v) is 6.03. The van der Waals surface area contributed by atoms with Crippen molar-refractivity contribution in [2.45, 2.75) is 45.6 Å². The van der Waals surface area contributed by atoms with Gasteiger partial charge in [-0.1, -0.05) is 19.1 Å². The quantitative estimate of drug-likeness (QED) is 0.383. The molecular weight excluding hydrogens is 406 g/mol. The summed E-state index contributed by atoms with van der Waals surface area (Å²) in [4.78, 5) is 12.7. The number of anilines is 1. The van der Waals surface area contributed by atoms with Crippen molar-refractivity contribution >= 4 is 27.6 Å². The van der Waals surface area contributed by atoms with Crippen molar-refractivity contribution in [3.8, 4) is 11.4 Å². The van der Waals surface area contributed by atoms with Crippen LogP contribution in [0.5, 0.6) is 0 Å². The number of hydrogen-bond acceptors (Lipinski definition) is 3. The zero-order chi connectivity index (χ0) is 22.0. The number of hydrogen-bond donors (Lipinski definition) is 2. The number of rotatable bonds is 3. The molecule has 0 aliphatic heterocycles. The molecule has 2 aromatic carbocycles. The minimum atomic E-state index is -0.617. The van der Waals surface area contributed by atoms with E-state index in [-0.39, 0.29) is 5.52 Å². The molecule has 0 radical (unpaired) electrons. The average molecular weight is 433 g/mol. The molecule has 4 nitrogen and oxygen atoms in total. The Labute approximate surface area is 185 Å². The number of halogens is 2. The Hall–Kier alpha value is -3.02. The summed E-state index contributed by atoms with van der Waals surface area (Å²) in [6.07, 6.45) is 6.85. The van der Waals surface area contributed by atoms with E-state index in [9.17, 15) is 8.78 Å². The maximum absolute atomic E-state index is 14.3. The molecule has 2 heterocycles. The van der Waals surface area contributed by atoms with E-state index in [1.165, 1.54) is 31.7 Å². The van der Waals surface area contributed by atoms with Crippen LogP contribution in [0.2, 0.25) is 0 Å². The smallest absolute Gasteiger partial charge is 0.164 e. The first kappa shape index (κ1) is 19.6. The van der Waals surface area contributed by atoms with Crippen LogP contribution in [-0.4, -0.2) is 21.0 Å². The molecule has 2 atom stereocenters. The Morgan fingerprint density at radius 2 is 1.78 bits per heavy atom. The van der Waals surface area contributed by atoms with Crippen LogP contribution in [-0.2, 0) is 0 Å². The van der Waals surface area contributed by atoms with Gasteiger partial charge < -0.3 is 10.3 Å². The van der Waals surface area contributed by atoms with E-state index in [0.29, 0.717) is 34.7 Å².